The summed E-state index contributed by atoms with van der Waals surface area (Å²) in [6, 6.07) is 9.09. The van der Waals surface area contributed by atoms with Crippen molar-refractivity contribution in [2.24, 2.45) is 11.7 Å². The van der Waals surface area contributed by atoms with Gasteiger partial charge in [-0.25, -0.2) is 0 Å². The fourth-order valence-electron chi connectivity index (χ4n) is 3.04. The highest BCUT2D eigenvalue weighted by molar-refractivity contribution is 5.27. The maximum atomic E-state index is 6.34. The molecular weight excluding hydrogens is 246 g/mol. The van der Waals surface area contributed by atoms with E-state index >= 15 is 0 Å². The Kier molecular flexibility index (Phi) is 5.62. The van der Waals surface area contributed by atoms with Gasteiger partial charge < -0.3 is 10.5 Å². The summed E-state index contributed by atoms with van der Waals surface area (Å²) < 4.78 is 5.61. The Hall–Kier alpha value is -0.860. The monoisotopic (exact) mass is 275 g/mol. The summed E-state index contributed by atoms with van der Waals surface area (Å²) in [6.07, 6.45) is 5.14. The van der Waals surface area contributed by atoms with Gasteiger partial charge in [0.15, 0.2) is 0 Å². The van der Waals surface area contributed by atoms with Crippen molar-refractivity contribution < 1.29 is 4.74 Å². The lowest BCUT2D eigenvalue weighted by atomic mass is 9.77. The van der Waals surface area contributed by atoms with Crippen LogP contribution >= 0.6 is 0 Å². The second-order valence-corrected chi connectivity index (χ2v) is 6.23. The molecule has 2 atom stereocenters. The van der Waals surface area contributed by atoms with Crippen LogP contribution in [-0.4, -0.2) is 12.7 Å². The minimum Gasteiger partial charge on any atom is -0.378 e. The lowest BCUT2D eigenvalue weighted by molar-refractivity contribution is -0.0282. The summed E-state index contributed by atoms with van der Waals surface area (Å²) in [5.41, 5.74) is 9.04. The zero-order valence-electron chi connectivity index (χ0n) is 13.1. The van der Waals surface area contributed by atoms with Gasteiger partial charge in [0, 0.05) is 12.6 Å². The van der Waals surface area contributed by atoms with E-state index in [-0.39, 0.29) is 6.04 Å². The molecule has 1 aliphatic carbocycles. The molecule has 2 nitrogen and oxygen atoms in total. The zero-order valence-corrected chi connectivity index (χ0v) is 13.1. The predicted octanol–water partition coefficient (Wildman–Crippen LogP) is 4.41. The van der Waals surface area contributed by atoms with Gasteiger partial charge in [0.25, 0.3) is 0 Å². The number of ether oxygens (including phenoxy) is 1. The minimum absolute atomic E-state index is 0.175. The van der Waals surface area contributed by atoms with Crippen LogP contribution < -0.4 is 5.73 Å². The average molecular weight is 275 g/mol. The number of hydrogen-bond acceptors (Lipinski definition) is 2. The van der Waals surface area contributed by atoms with E-state index in [0.717, 1.165) is 18.9 Å². The van der Waals surface area contributed by atoms with Gasteiger partial charge in [-0.3, -0.25) is 0 Å². The molecule has 1 fully saturated rings. The molecule has 2 N–H and O–H groups in total. The third-order valence-electron chi connectivity index (χ3n) is 4.73. The molecule has 2 rings (SSSR count). The highest BCUT2D eigenvalue weighted by Gasteiger charge is 2.30. The standard InChI is InChI=1S/C18H29NO/c1-4-13(3)15-6-8-16(9-7-15)18(19)12-14-10-17(11-14)20-5-2/h6-9,13-14,17-18H,4-5,10-12,19H2,1-3H3. The number of rotatable bonds is 7. The largest absolute Gasteiger partial charge is 0.378 e. The quantitative estimate of drug-likeness (QED) is 0.800. The molecule has 1 aliphatic rings. The van der Waals surface area contributed by atoms with Crippen LogP contribution in [0.3, 0.4) is 0 Å². The predicted molar refractivity (Wildman–Crippen MR) is 84.8 cm³/mol. The van der Waals surface area contributed by atoms with Gasteiger partial charge in [0.1, 0.15) is 0 Å². The summed E-state index contributed by atoms with van der Waals surface area (Å²) in [4.78, 5) is 0. The van der Waals surface area contributed by atoms with E-state index in [9.17, 15) is 0 Å². The van der Waals surface area contributed by atoms with Gasteiger partial charge in [-0.2, -0.15) is 0 Å². The fourth-order valence-corrected chi connectivity index (χ4v) is 3.04. The first-order chi connectivity index (χ1) is 9.63. The first kappa shape index (κ1) is 15.5. The SMILES string of the molecule is CCOC1CC(CC(N)c2ccc(C(C)CC)cc2)C1. The van der Waals surface area contributed by atoms with Crippen molar-refractivity contribution in [3.63, 3.8) is 0 Å². The molecule has 1 aromatic rings. The Balaban J connectivity index is 1.82. The molecule has 0 aromatic heterocycles. The maximum absolute atomic E-state index is 6.34. The van der Waals surface area contributed by atoms with Crippen LogP contribution in [0.5, 0.6) is 0 Å². The minimum atomic E-state index is 0.175. The molecular formula is C18H29NO. The third-order valence-corrected chi connectivity index (χ3v) is 4.73. The van der Waals surface area contributed by atoms with E-state index in [1.165, 1.54) is 30.4 Å². The van der Waals surface area contributed by atoms with Crippen LogP contribution in [-0.2, 0) is 4.74 Å². The van der Waals surface area contributed by atoms with Crippen molar-refractivity contribution >= 4 is 0 Å². The van der Waals surface area contributed by atoms with Crippen molar-refractivity contribution in [2.45, 2.75) is 64.5 Å². The van der Waals surface area contributed by atoms with Gasteiger partial charge in [-0.05, 0) is 55.6 Å². The number of benzene rings is 1. The molecule has 0 spiro atoms. The van der Waals surface area contributed by atoms with Gasteiger partial charge in [-0.15, -0.1) is 0 Å². The Morgan fingerprint density at radius 2 is 1.75 bits per heavy atom. The summed E-state index contributed by atoms with van der Waals surface area (Å²) in [5.74, 6) is 1.38. The van der Waals surface area contributed by atoms with E-state index in [4.69, 9.17) is 10.5 Å². The lowest BCUT2D eigenvalue weighted by Crippen LogP contribution is -2.33. The van der Waals surface area contributed by atoms with E-state index < -0.39 is 0 Å². The third kappa shape index (κ3) is 3.83. The highest BCUT2D eigenvalue weighted by atomic mass is 16.5. The smallest absolute Gasteiger partial charge is 0.0580 e. The van der Waals surface area contributed by atoms with Gasteiger partial charge in [0.2, 0.25) is 0 Å². The zero-order chi connectivity index (χ0) is 14.5. The number of nitrogens with two attached hydrogens (primary N) is 1. The second-order valence-electron chi connectivity index (χ2n) is 6.23. The molecule has 2 heteroatoms. The van der Waals surface area contributed by atoms with Crippen molar-refractivity contribution in [1.29, 1.82) is 0 Å². The molecule has 1 saturated carbocycles. The fraction of sp³-hybridized carbons (Fsp3) is 0.667. The summed E-state index contributed by atoms with van der Waals surface area (Å²) in [6.45, 7) is 7.41. The molecule has 0 aliphatic heterocycles. The molecule has 20 heavy (non-hydrogen) atoms. The molecule has 0 heterocycles. The topological polar surface area (TPSA) is 35.2 Å². The maximum Gasteiger partial charge on any atom is 0.0580 e. The van der Waals surface area contributed by atoms with E-state index in [2.05, 4.69) is 45.0 Å². The van der Waals surface area contributed by atoms with Gasteiger partial charge in [-0.1, -0.05) is 38.1 Å². The average Bonchev–Trinajstić information content (AvgIpc) is 2.44. The summed E-state index contributed by atoms with van der Waals surface area (Å²) in [7, 11) is 0. The normalized spacial score (nSPS) is 25.0. The molecule has 0 radical (unpaired) electrons. The van der Waals surface area contributed by atoms with Crippen molar-refractivity contribution in [2.75, 3.05) is 6.61 Å². The van der Waals surface area contributed by atoms with Gasteiger partial charge >= 0.3 is 0 Å². The summed E-state index contributed by atoms with van der Waals surface area (Å²) in [5, 5.41) is 0. The Morgan fingerprint density at radius 1 is 1.15 bits per heavy atom. The van der Waals surface area contributed by atoms with Crippen LogP contribution in [0.2, 0.25) is 0 Å². The van der Waals surface area contributed by atoms with Crippen molar-refractivity contribution in [1.82, 2.24) is 0 Å². The van der Waals surface area contributed by atoms with Crippen molar-refractivity contribution in [3.8, 4) is 0 Å². The van der Waals surface area contributed by atoms with Crippen molar-refractivity contribution in [3.05, 3.63) is 35.4 Å². The van der Waals surface area contributed by atoms with Crippen LogP contribution in [0.1, 0.15) is 69.5 Å². The summed E-state index contributed by atoms with van der Waals surface area (Å²) >= 11 is 0. The van der Waals surface area contributed by atoms with E-state index in [1.807, 2.05) is 0 Å². The molecule has 1 aromatic carbocycles. The lowest BCUT2D eigenvalue weighted by Gasteiger charge is -2.36. The molecule has 0 saturated heterocycles. The first-order valence-corrected chi connectivity index (χ1v) is 8.11. The Bertz CT molecular complexity index is 394. The van der Waals surface area contributed by atoms with Crippen LogP contribution in [0.15, 0.2) is 24.3 Å². The molecule has 0 bridgehead atoms. The van der Waals surface area contributed by atoms with Crippen LogP contribution in [0, 0.1) is 5.92 Å². The molecule has 0 amide bonds. The number of hydrogen-bond donors (Lipinski definition) is 1. The van der Waals surface area contributed by atoms with Crippen LogP contribution in [0.25, 0.3) is 0 Å². The van der Waals surface area contributed by atoms with E-state index in [0.29, 0.717) is 12.0 Å². The second kappa shape index (κ2) is 7.24. The molecule has 2 unspecified atom stereocenters. The van der Waals surface area contributed by atoms with E-state index in [1.54, 1.807) is 0 Å². The van der Waals surface area contributed by atoms with Crippen LogP contribution in [0.4, 0.5) is 0 Å². The highest BCUT2D eigenvalue weighted by Crippen LogP contribution is 2.36. The molecule has 112 valence electrons. The first-order valence-electron chi connectivity index (χ1n) is 8.11. The van der Waals surface area contributed by atoms with Gasteiger partial charge in [0.05, 0.1) is 6.10 Å². The Labute approximate surface area is 123 Å². The Morgan fingerprint density at radius 3 is 2.30 bits per heavy atom.